The van der Waals surface area contributed by atoms with Crippen LogP contribution >= 0.6 is 0 Å². The fraction of sp³-hybridized carbons (Fsp3) is 0.500. The molecule has 162 valence electrons. The second-order valence-electron chi connectivity index (χ2n) is 8.17. The number of carbonyl (C=O) groups is 1. The lowest BCUT2D eigenvalue weighted by molar-refractivity contribution is -0.121. The van der Waals surface area contributed by atoms with Crippen molar-refractivity contribution in [3.63, 3.8) is 0 Å². The molecule has 4 rings (SSSR count). The van der Waals surface area contributed by atoms with Gasteiger partial charge in [-0.25, -0.2) is 13.4 Å². The monoisotopic (exact) mass is 433 g/mol. The van der Waals surface area contributed by atoms with Gasteiger partial charge in [-0.3, -0.25) is 4.79 Å². The SMILES string of the molecule is CC(O)c1ccc(S(=O)(=O)N2C(Cc3cnc[nH]3)C(=O)NC23CCN(C)CC3)cc1. The Morgan fingerprint density at radius 3 is 2.50 bits per heavy atom. The molecule has 2 fully saturated rings. The van der Waals surface area contributed by atoms with E-state index in [9.17, 15) is 18.3 Å². The number of aromatic nitrogens is 2. The summed E-state index contributed by atoms with van der Waals surface area (Å²) in [5, 5.41) is 12.8. The van der Waals surface area contributed by atoms with Crippen LogP contribution in [-0.2, 0) is 21.2 Å². The molecule has 2 aliphatic rings. The van der Waals surface area contributed by atoms with Crippen LogP contribution in [0.4, 0.5) is 0 Å². The van der Waals surface area contributed by atoms with Crippen molar-refractivity contribution in [3.8, 4) is 0 Å². The second kappa shape index (κ2) is 7.77. The largest absolute Gasteiger partial charge is 0.389 e. The maximum Gasteiger partial charge on any atom is 0.245 e. The van der Waals surface area contributed by atoms with Gasteiger partial charge in [0.2, 0.25) is 15.9 Å². The minimum atomic E-state index is -3.98. The Hall–Kier alpha value is -2.27. The molecule has 1 amide bonds. The summed E-state index contributed by atoms with van der Waals surface area (Å²) in [6.07, 6.45) is 3.68. The number of H-pyrrole nitrogens is 1. The Labute approximate surface area is 176 Å². The molecule has 2 atom stereocenters. The lowest BCUT2D eigenvalue weighted by Crippen LogP contribution is -2.60. The first kappa shape index (κ1) is 21.0. The van der Waals surface area contributed by atoms with Crippen LogP contribution in [0.3, 0.4) is 0 Å². The topological polar surface area (TPSA) is 119 Å². The van der Waals surface area contributed by atoms with Gasteiger partial charge in [0.1, 0.15) is 11.7 Å². The van der Waals surface area contributed by atoms with Crippen LogP contribution in [0.2, 0.25) is 0 Å². The zero-order valence-corrected chi connectivity index (χ0v) is 17.9. The molecular weight excluding hydrogens is 406 g/mol. The third-order valence-electron chi connectivity index (χ3n) is 6.07. The van der Waals surface area contributed by atoms with E-state index in [4.69, 9.17) is 0 Å². The molecule has 30 heavy (non-hydrogen) atoms. The molecule has 1 aromatic carbocycles. The number of hydrogen-bond donors (Lipinski definition) is 3. The van der Waals surface area contributed by atoms with Crippen LogP contribution in [0.25, 0.3) is 0 Å². The van der Waals surface area contributed by atoms with Gasteiger partial charge in [0, 0.05) is 31.4 Å². The zero-order valence-electron chi connectivity index (χ0n) is 17.1. The van der Waals surface area contributed by atoms with Crippen molar-refractivity contribution in [1.29, 1.82) is 0 Å². The average molecular weight is 434 g/mol. The quantitative estimate of drug-likeness (QED) is 0.636. The molecule has 9 nitrogen and oxygen atoms in total. The number of aliphatic hydroxyl groups is 1. The number of nitrogens with zero attached hydrogens (tertiary/aromatic N) is 3. The smallest absolute Gasteiger partial charge is 0.245 e. The molecule has 2 unspecified atom stereocenters. The van der Waals surface area contributed by atoms with Gasteiger partial charge in [0.05, 0.1) is 17.3 Å². The highest BCUT2D eigenvalue weighted by molar-refractivity contribution is 7.89. The average Bonchev–Trinajstić information content (AvgIpc) is 3.31. The number of rotatable bonds is 5. The van der Waals surface area contributed by atoms with E-state index in [2.05, 4.69) is 20.2 Å². The van der Waals surface area contributed by atoms with Gasteiger partial charge in [-0.1, -0.05) is 12.1 Å². The molecule has 2 aliphatic heterocycles. The first-order valence-electron chi connectivity index (χ1n) is 10.0. The fourth-order valence-electron chi connectivity index (χ4n) is 4.32. The number of hydrogen-bond acceptors (Lipinski definition) is 6. The summed E-state index contributed by atoms with van der Waals surface area (Å²) in [5.74, 6) is -0.293. The van der Waals surface area contributed by atoms with Gasteiger partial charge in [0.25, 0.3) is 0 Å². The molecule has 3 heterocycles. The van der Waals surface area contributed by atoms with E-state index in [0.29, 0.717) is 37.2 Å². The number of piperidine rings is 1. The summed E-state index contributed by atoms with van der Waals surface area (Å²) in [6, 6.07) is 5.34. The highest BCUT2D eigenvalue weighted by Crippen LogP contribution is 2.38. The number of likely N-dealkylation sites (tertiary alicyclic amines) is 1. The fourth-order valence-corrected chi connectivity index (χ4v) is 6.22. The number of carbonyl (C=O) groups excluding carboxylic acids is 1. The van der Waals surface area contributed by atoms with Crippen molar-refractivity contribution in [1.82, 2.24) is 24.5 Å². The molecule has 2 aromatic rings. The normalized spacial score (nSPS) is 23.6. The Kier molecular flexibility index (Phi) is 5.43. The molecule has 2 saturated heterocycles. The van der Waals surface area contributed by atoms with Crippen LogP contribution in [-0.4, -0.2) is 70.4 Å². The van der Waals surface area contributed by atoms with Crippen LogP contribution in [0, 0.1) is 0 Å². The number of benzene rings is 1. The van der Waals surface area contributed by atoms with Crippen molar-refractivity contribution in [2.75, 3.05) is 20.1 Å². The number of sulfonamides is 1. The molecular formula is C20H27N5O4S. The third-order valence-corrected chi connectivity index (χ3v) is 8.05. The predicted molar refractivity (Wildman–Crippen MR) is 110 cm³/mol. The number of imidazole rings is 1. The number of aromatic amines is 1. The second-order valence-corrected chi connectivity index (χ2v) is 9.98. The van der Waals surface area contributed by atoms with E-state index < -0.39 is 27.8 Å². The minimum Gasteiger partial charge on any atom is -0.389 e. The first-order valence-corrected chi connectivity index (χ1v) is 11.5. The van der Waals surface area contributed by atoms with Crippen molar-refractivity contribution < 1.29 is 18.3 Å². The van der Waals surface area contributed by atoms with Crippen LogP contribution < -0.4 is 5.32 Å². The Morgan fingerprint density at radius 1 is 1.27 bits per heavy atom. The van der Waals surface area contributed by atoms with E-state index in [1.807, 2.05) is 7.05 Å². The number of nitrogens with one attached hydrogen (secondary N) is 2. The number of amides is 1. The van der Waals surface area contributed by atoms with Gasteiger partial charge in [0.15, 0.2) is 0 Å². The molecule has 1 spiro atoms. The minimum absolute atomic E-state index is 0.108. The maximum atomic E-state index is 13.8. The van der Waals surface area contributed by atoms with Gasteiger partial charge in [-0.05, 0) is 44.5 Å². The molecule has 0 bridgehead atoms. The van der Waals surface area contributed by atoms with Crippen molar-refractivity contribution in [3.05, 3.63) is 48.0 Å². The molecule has 1 aromatic heterocycles. The Bertz CT molecular complexity index is 996. The van der Waals surface area contributed by atoms with E-state index in [-0.39, 0.29) is 17.2 Å². The van der Waals surface area contributed by atoms with Gasteiger partial charge in [-0.15, -0.1) is 0 Å². The van der Waals surface area contributed by atoms with Crippen molar-refractivity contribution in [2.45, 2.75) is 48.9 Å². The molecule has 0 saturated carbocycles. The summed E-state index contributed by atoms with van der Waals surface area (Å²) < 4.78 is 29.0. The van der Waals surface area contributed by atoms with E-state index in [1.54, 1.807) is 25.3 Å². The summed E-state index contributed by atoms with van der Waals surface area (Å²) in [6.45, 7) is 2.99. The predicted octanol–water partition coefficient (Wildman–Crippen LogP) is 0.617. The van der Waals surface area contributed by atoms with Crippen LogP contribution in [0.1, 0.15) is 37.1 Å². The van der Waals surface area contributed by atoms with Gasteiger partial charge < -0.3 is 20.3 Å². The van der Waals surface area contributed by atoms with Crippen molar-refractivity contribution in [2.24, 2.45) is 0 Å². The maximum absolute atomic E-state index is 13.8. The lowest BCUT2D eigenvalue weighted by Gasteiger charge is -2.43. The first-order chi connectivity index (χ1) is 14.2. The number of aliphatic hydroxyl groups excluding tert-OH is 1. The van der Waals surface area contributed by atoms with Crippen LogP contribution in [0.15, 0.2) is 41.7 Å². The molecule has 0 aliphatic carbocycles. The van der Waals surface area contributed by atoms with Gasteiger partial charge >= 0.3 is 0 Å². The van der Waals surface area contributed by atoms with Crippen molar-refractivity contribution >= 4 is 15.9 Å². The Balaban J connectivity index is 1.76. The summed E-state index contributed by atoms with van der Waals surface area (Å²) in [7, 11) is -1.99. The van der Waals surface area contributed by atoms with Gasteiger partial charge in [-0.2, -0.15) is 4.31 Å². The molecule has 0 radical (unpaired) electrons. The highest BCUT2D eigenvalue weighted by atomic mass is 32.2. The van der Waals surface area contributed by atoms with Crippen LogP contribution in [0.5, 0.6) is 0 Å². The van der Waals surface area contributed by atoms with E-state index in [0.717, 1.165) is 0 Å². The summed E-state index contributed by atoms with van der Waals surface area (Å²) in [5.41, 5.74) is 0.383. The lowest BCUT2D eigenvalue weighted by atomic mass is 9.98. The van der Waals surface area contributed by atoms with E-state index >= 15 is 0 Å². The van der Waals surface area contributed by atoms with E-state index in [1.165, 1.54) is 22.8 Å². The Morgan fingerprint density at radius 2 is 1.93 bits per heavy atom. The highest BCUT2D eigenvalue weighted by Gasteiger charge is 2.57. The third kappa shape index (κ3) is 3.64. The standard InChI is InChI=1S/C20H27N5O4S/c1-14(26)15-3-5-17(6-4-15)30(28,29)25-18(11-16-12-21-13-22-16)19(27)23-20(25)7-9-24(2)10-8-20/h3-6,12-14,18,26H,7-11H2,1-2H3,(H,21,22)(H,23,27). The zero-order chi connectivity index (χ0) is 21.5. The summed E-state index contributed by atoms with van der Waals surface area (Å²) in [4.78, 5) is 22.2. The molecule has 3 N–H and O–H groups in total. The molecule has 10 heteroatoms. The summed E-state index contributed by atoms with van der Waals surface area (Å²) >= 11 is 0.